The highest BCUT2D eigenvalue weighted by Crippen LogP contribution is 2.31. The van der Waals surface area contributed by atoms with E-state index in [0.717, 1.165) is 0 Å². The monoisotopic (exact) mass is 315 g/mol. The fraction of sp³-hybridized carbons (Fsp3) is 0.571. The van der Waals surface area contributed by atoms with E-state index in [9.17, 15) is 8.42 Å². The van der Waals surface area contributed by atoms with Crippen LogP contribution in [0.3, 0.4) is 0 Å². The molecule has 0 saturated heterocycles. The molecular formula is C14H21NO5S. The molecular weight excluding hydrogens is 294 g/mol. The van der Waals surface area contributed by atoms with Crippen molar-refractivity contribution in [1.29, 1.82) is 0 Å². The molecule has 0 fully saturated rings. The summed E-state index contributed by atoms with van der Waals surface area (Å²) in [7, 11) is -1.85. The van der Waals surface area contributed by atoms with Crippen molar-refractivity contribution < 1.29 is 22.6 Å². The Labute approximate surface area is 125 Å². The highest BCUT2D eigenvalue weighted by Gasteiger charge is 2.28. The molecule has 1 aromatic carbocycles. The molecule has 21 heavy (non-hydrogen) atoms. The Bertz CT molecular complexity index is 560. The topological polar surface area (TPSA) is 65.1 Å². The van der Waals surface area contributed by atoms with E-state index in [0.29, 0.717) is 24.7 Å². The van der Waals surface area contributed by atoms with Crippen molar-refractivity contribution in [2.75, 3.05) is 39.2 Å². The van der Waals surface area contributed by atoms with E-state index < -0.39 is 10.0 Å². The van der Waals surface area contributed by atoms with Gasteiger partial charge >= 0.3 is 0 Å². The molecule has 6 nitrogen and oxygen atoms in total. The van der Waals surface area contributed by atoms with Gasteiger partial charge in [0.1, 0.15) is 12.7 Å². The number of nitrogens with zero attached hydrogens (tertiary/aromatic N) is 1. The van der Waals surface area contributed by atoms with Gasteiger partial charge in [0.25, 0.3) is 0 Å². The first kappa shape index (κ1) is 16.1. The fourth-order valence-corrected chi connectivity index (χ4v) is 3.56. The van der Waals surface area contributed by atoms with Crippen molar-refractivity contribution in [2.45, 2.75) is 13.0 Å². The molecule has 1 heterocycles. The third-order valence-corrected chi connectivity index (χ3v) is 5.14. The average molecular weight is 315 g/mol. The van der Waals surface area contributed by atoms with Crippen LogP contribution in [-0.2, 0) is 14.8 Å². The lowest BCUT2D eigenvalue weighted by molar-refractivity contribution is 0.0770. The van der Waals surface area contributed by atoms with Crippen molar-refractivity contribution >= 4 is 10.0 Å². The standard InChI is InChI=1S/C14H21NO5S/c1-3-15(21(16,17)9-8-18-2)10-12-11-19-13-6-4-5-7-14(13)20-12/h4-7,12H,3,8-11H2,1-2H3/t12-/m1/s1. The largest absolute Gasteiger partial charge is 0.486 e. The first-order chi connectivity index (χ1) is 10.1. The summed E-state index contributed by atoms with van der Waals surface area (Å²) in [5.74, 6) is 1.32. The summed E-state index contributed by atoms with van der Waals surface area (Å²) < 4.78 is 42.0. The van der Waals surface area contributed by atoms with Crippen molar-refractivity contribution in [2.24, 2.45) is 0 Å². The van der Waals surface area contributed by atoms with E-state index in [1.807, 2.05) is 31.2 Å². The van der Waals surface area contributed by atoms with Gasteiger partial charge in [-0.15, -0.1) is 0 Å². The predicted octanol–water partition coefficient (Wildman–Crippen LogP) is 1.12. The Balaban J connectivity index is 2.00. The number of benzene rings is 1. The molecule has 0 N–H and O–H groups in total. The molecule has 0 radical (unpaired) electrons. The van der Waals surface area contributed by atoms with Gasteiger partial charge in [-0.1, -0.05) is 19.1 Å². The van der Waals surface area contributed by atoms with Crippen LogP contribution in [-0.4, -0.2) is 58.0 Å². The van der Waals surface area contributed by atoms with Gasteiger partial charge in [0, 0.05) is 13.7 Å². The average Bonchev–Trinajstić information content (AvgIpc) is 2.50. The third kappa shape index (κ3) is 4.09. The van der Waals surface area contributed by atoms with Crippen LogP contribution in [0.2, 0.25) is 0 Å². The minimum Gasteiger partial charge on any atom is -0.486 e. The number of likely N-dealkylation sites (N-methyl/N-ethyl adjacent to an activating group) is 1. The number of hydrogen-bond acceptors (Lipinski definition) is 5. The van der Waals surface area contributed by atoms with Crippen molar-refractivity contribution in [3.05, 3.63) is 24.3 Å². The van der Waals surface area contributed by atoms with Crippen LogP contribution < -0.4 is 9.47 Å². The van der Waals surface area contributed by atoms with Gasteiger partial charge in [0.2, 0.25) is 10.0 Å². The van der Waals surface area contributed by atoms with Crippen LogP contribution in [0, 0.1) is 0 Å². The number of sulfonamides is 1. The molecule has 0 bridgehead atoms. The lowest BCUT2D eigenvalue weighted by Crippen LogP contribution is -2.44. The van der Waals surface area contributed by atoms with Gasteiger partial charge in [0.15, 0.2) is 11.5 Å². The van der Waals surface area contributed by atoms with Crippen molar-refractivity contribution in [3.63, 3.8) is 0 Å². The zero-order chi connectivity index (χ0) is 15.3. The summed E-state index contributed by atoms with van der Waals surface area (Å²) >= 11 is 0. The Hall–Kier alpha value is -1.31. The second-order valence-corrected chi connectivity index (χ2v) is 6.85. The highest BCUT2D eigenvalue weighted by molar-refractivity contribution is 7.89. The first-order valence-corrected chi connectivity index (χ1v) is 8.53. The van der Waals surface area contributed by atoms with Gasteiger partial charge in [-0.25, -0.2) is 8.42 Å². The Morgan fingerprint density at radius 3 is 2.71 bits per heavy atom. The number of para-hydroxylation sites is 2. The van der Waals surface area contributed by atoms with Gasteiger partial charge in [0.05, 0.1) is 18.9 Å². The molecule has 0 spiro atoms. The molecule has 0 unspecified atom stereocenters. The van der Waals surface area contributed by atoms with E-state index in [4.69, 9.17) is 14.2 Å². The number of ether oxygens (including phenoxy) is 3. The minimum atomic E-state index is -3.34. The Morgan fingerprint density at radius 2 is 2.05 bits per heavy atom. The van der Waals surface area contributed by atoms with Gasteiger partial charge in [-0.2, -0.15) is 4.31 Å². The minimum absolute atomic E-state index is 0.0263. The van der Waals surface area contributed by atoms with E-state index in [1.165, 1.54) is 11.4 Å². The van der Waals surface area contributed by atoms with E-state index in [-0.39, 0.29) is 25.0 Å². The number of rotatable bonds is 7. The van der Waals surface area contributed by atoms with E-state index >= 15 is 0 Å². The maximum atomic E-state index is 12.2. The maximum Gasteiger partial charge on any atom is 0.216 e. The quantitative estimate of drug-likeness (QED) is 0.754. The molecule has 0 amide bonds. The van der Waals surface area contributed by atoms with Crippen LogP contribution in [0.4, 0.5) is 0 Å². The normalized spacial score (nSPS) is 18.0. The molecule has 2 rings (SSSR count). The molecule has 7 heteroatoms. The van der Waals surface area contributed by atoms with Crippen LogP contribution in [0.5, 0.6) is 11.5 Å². The number of hydrogen-bond donors (Lipinski definition) is 0. The smallest absolute Gasteiger partial charge is 0.216 e. The fourth-order valence-electron chi connectivity index (χ4n) is 2.14. The zero-order valence-electron chi connectivity index (χ0n) is 12.3. The SMILES string of the molecule is CCN(C[C@@H]1COc2ccccc2O1)S(=O)(=O)CCOC. The summed E-state index contributed by atoms with van der Waals surface area (Å²) in [5, 5.41) is 0. The van der Waals surface area contributed by atoms with E-state index in [2.05, 4.69) is 0 Å². The molecule has 1 aliphatic heterocycles. The van der Waals surface area contributed by atoms with Crippen molar-refractivity contribution in [3.8, 4) is 11.5 Å². The lowest BCUT2D eigenvalue weighted by Gasteiger charge is -2.30. The van der Waals surface area contributed by atoms with Gasteiger partial charge < -0.3 is 14.2 Å². The van der Waals surface area contributed by atoms with Gasteiger partial charge in [-0.05, 0) is 12.1 Å². The summed E-state index contributed by atoms with van der Waals surface area (Å²) in [6.07, 6.45) is -0.308. The number of fused-ring (bicyclic) bond motifs is 1. The van der Waals surface area contributed by atoms with Crippen LogP contribution in [0.15, 0.2) is 24.3 Å². The Kier molecular flexibility index (Phi) is 5.44. The number of methoxy groups -OCH3 is 1. The summed E-state index contributed by atoms with van der Waals surface area (Å²) in [6, 6.07) is 7.38. The summed E-state index contributed by atoms with van der Waals surface area (Å²) in [6.45, 7) is 3.00. The van der Waals surface area contributed by atoms with Gasteiger partial charge in [-0.3, -0.25) is 0 Å². The van der Waals surface area contributed by atoms with Crippen LogP contribution in [0.25, 0.3) is 0 Å². The summed E-state index contributed by atoms with van der Waals surface area (Å²) in [5.41, 5.74) is 0. The van der Waals surface area contributed by atoms with Crippen LogP contribution >= 0.6 is 0 Å². The predicted molar refractivity (Wildman–Crippen MR) is 79.3 cm³/mol. The Morgan fingerprint density at radius 1 is 1.33 bits per heavy atom. The third-order valence-electron chi connectivity index (χ3n) is 3.27. The van der Waals surface area contributed by atoms with Crippen molar-refractivity contribution in [1.82, 2.24) is 4.31 Å². The van der Waals surface area contributed by atoms with E-state index in [1.54, 1.807) is 0 Å². The molecule has 0 aliphatic carbocycles. The highest BCUT2D eigenvalue weighted by atomic mass is 32.2. The molecule has 118 valence electrons. The molecule has 1 atom stereocenters. The molecule has 1 aliphatic rings. The van der Waals surface area contributed by atoms with Crippen LogP contribution in [0.1, 0.15) is 6.92 Å². The molecule has 0 saturated carbocycles. The maximum absolute atomic E-state index is 12.2. The zero-order valence-corrected chi connectivity index (χ0v) is 13.1. The second kappa shape index (κ2) is 7.11. The molecule has 0 aromatic heterocycles. The first-order valence-electron chi connectivity index (χ1n) is 6.92. The summed E-state index contributed by atoms with van der Waals surface area (Å²) in [4.78, 5) is 0. The second-order valence-electron chi connectivity index (χ2n) is 4.76. The lowest BCUT2D eigenvalue weighted by atomic mass is 10.2. The molecule has 1 aromatic rings.